The molecule has 0 bridgehead atoms. The first kappa shape index (κ1) is 19.8. The summed E-state index contributed by atoms with van der Waals surface area (Å²) in [6, 6.07) is -1.42. The lowest BCUT2D eigenvalue weighted by molar-refractivity contribution is -0.163. The minimum Gasteiger partial charge on any atom is -0.481 e. The summed E-state index contributed by atoms with van der Waals surface area (Å²) in [7, 11) is -4.08. The monoisotopic (exact) mass is 367 g/mol. The summed E-state index contributed by atoms with van der Waals surface area (Å²) in [4.78, 5) is 44.5. The van der Waals surface area contributed by atoms with E-state index in [1.807, 2.05) is 0 Å². The maximum Gasteiger partial charge on any atom is 0.319 e. The van der Waals surface area contributed by atoms with E-state index in [1.54, 1.807) is 0 Å². The molecule has 1 aliphatic heterocycles. The van der Waals surface area contributed by atoms with Crippen LogP contribution in [0, 0.1) is 17.8 Å². The van der Waals surface area contributed by atoms with Crippen LogP contribution in [-0.2, 0) is 29.2 Å². The minimum absolute atomic E-state index is 0.128. The Balaban J connectivity index is 3.23. The summed E-state index contributed by atoms with van der Waals surface area (Å²) in [5.74, 6) is -11.8. The molecule has 2 atom stereocenters. The van der Waals surface area contributed by atoms with Crippen molar-refractivity contribution in [2.75, 3.05) is 12.8 Å². The van der Waals surface area contributed by atoms with Crippen LogP contribution >= 0.6 is 0 Å². The molecule has 1 fully saturated rings. The van der Waals surface area contributed by atoms with E-state index in [4.69, 9.17) is 20.4 Å². The highest BCUT2D eigenvalue weighted by Gasteiger charge is 2.48. The van der Waals surface area contributed by atoms with Gasteiger partial charge in [0.15, 0.2) is 11.8 Å². The Morgan fingerprint density at radius 2 is 1.29 bits per heavy atom. The van der Waals surface area contributed by atoms with Gasteiger partial charge in [0, 0.05) is 12.6 Å². The predicted molar refractivity (Wildman–Crippen MR) is 75.6 cm³/mol. The van der Waals surface area contributed by atoms with Crippen molar-refractivity contribution >= 4 is 33.9 Å². The fraction of sp³-hybridized carbons (Fsp3) is 0.667. The molecule has 11 nitrogen and oxygen atoms in total. The second kappa shape index (κ2) is 7.13. The number of piperidine rings is 1. The van der Waals surface area contributed by atoms with Gasteiger partial charge in [-0.2, -0.15) is 4.31 Å². The Hall–Kier alpha value is -2.21. The highest BCUT2D eigenvalue weighted by atomic mass is 32.2. The van der Waals surface area contributed by atoms with Crippen molar-refractivity contribution in [3.63, 3.8) is 0 Å². The van der Waals surface area contributed by atoms with E-state index in [-0.39, 0.29) is 12.8 Å². The molecule has 0 aliphatic carbocycles. The first-order valence-corrected chi connectivity index (χ1v) is 8.60. The molecule has 1 heterocycles. The summed E-state index contributed by atoms with van der Waals surface area (Å²) in [5, 5.41) is 36.1. The predicted octanol–water partition coefficient (Wildman–Crippen LogP) is -1.40. The topological polar surface area (TPSA) is 187 Å². The first-order chi connectivity index (χ1) is 10.9. The summed E-state index contributed by atoms with van der Waals surface area (Å²) in [5.41, 5.74) is 0. The summed E-state index contributed by atoms with van der Waals surface area (Å²) >= 11 is 0. The van der Waals surface area contributed by atoms with Gasteiger partial charge in [-0.15, -0.1) is 0 Å². The van der Waals surface area contributed by atoms with Gasteiger partial charge in [-0.25, -0.2) is 8.42 Å². The largest absolute Gasteiger partial charge is 0.481 e. The van der Waals surface area contributed by atoms with Crippen LogP contribution in [0.15, 0.2) is 0 Å². The molecule has 1 rings (SSSR count). The van der Waals surface area contributed by atoms with E-state index in [0.29, 0.717) is 4.31 Å². The highest BCUT2D eigenvalue weighted by molar-refractivity contribution is 7.88. The zero-order chi connectivity index (χ0) is 18.8. The summed E-state index contributed by atoms with van der Waals surface area (Å²) in [6.07, 6.45) is 0.314. The molecular formula is C12H17NO10S. The van der Waals surface area contributed by atoms with E-state index in [2.05, 4.69) is 0 Å². The molecule has 0 aromatic carbocycles. The lowest BCUT2D eigenvalue weighted by Crippen LogP contribution is -2.55. The lowest BCUT2D eigenvalue weighted by atomic mass is 9.81. The van der Waals surface area contributed by atoms with Crippen LogP contribution in [-0.4, -0.2) is 75.9 Å². The maximum absolute atomic E-state index is 11.9. The fourth-order valence-corrected chi connectivity index (χ4v) is 4.10. The third-order valence-electron chi connectivity index (χ3n) is 3.96. The van der Waals surface area contributed by atoms with Gasteiger partial charge in [-0.1, -0.05) is 0 Å². The second-order valence-electron chi connectivity index (χ2n) is 5.55. The molecule has 2 unspecified atom stereocenters. The fourth-order valence-electron chi connectivity index (χ4n) is 2.92. The zero-order valence-electron chi connectivity index (χ0n) is 12.5. The van der Waals surface area contributed by atoms with Gasteiger partial charge in [0.05, 0.1) is 6.26 Å². The minimum atomic E-state index is -4.08. The molecule has 0 aromatic heterocycles. The van der Waals surface area contributed by atoms with Crippen LogP contribution in [0.1, 0.15) is 12.8 Å². The Morgan fingerprint density at radius 3 is 1.62 bits per heavy atom. The van der Waals surface area contributed by atoms with E-state index in [9.17, 15) is 27.6 Å². The number of nitrogens with zero attached hydrogens (tertiary/aromatic N) is 1. The van der Waals surface area contributed by atoms with Gasteiger partial charge in [0.2, 0.25) is 10.0 Å². The molecule has 24 heavy (non-hydrogen) atoms. The SMILES string of the molecule is CS(=O)(=O)N1CC(C(C(=O)O)C(=O)O)CCC1C(C(=O)O)C(=O)O. The smallest absolute Gasteiger partial charge is 0.319 e. The number of rotatable bonds is 7. The van der Waals surface area contributed by atoms with Crippen LogP contribution in [0.2, 0.25) is 0 Å². The van der Waals surface area contributed by atoms with Gasteiger partial charge in [-0.05, 0) is 18.8 Å². The van der Waals surface area contributed by atoms with E-state index in [1.165, 1.54) is 0 Å². The van der Waals surface area contributed by atoms with Crippen molar-refractivity contribution < 1.29 is 48.0 Å². The van der Waals surface area contributed by atoms with Crippen LogP contribution in [0.3, 0.4) is 0 Å². The standard InChI is InChI=1S/C12H17NO10S/c1-24(22,23)13-4-5(7(9(14)15)10(16)17)2-3-6(13)8(11(18)19)12(20)21/h5-8H,2-4H2,1H3,(H,14,15)(H,16,17)(H,18,19)(H,20,21). The first-order valence-electron chi connectivity index (χ1n) is 6.76. The summed E-state index contributed by atoms with van der Waals surface area (Å²) in [6.45, 7) is -0.580. The van der Waals surface area contributed by atoms with Crippen LogP contribution in [0.25, 0.3) is 0 Å². The number of sulfonamides is 1. The number of aliphatic carboxylic acids is 4. The van der Waals surface area contributed by atoms with Crippen molar-refractivity contribution in [3.05, 3.63) is 0 Å². The maximum atomic E-state index is 11.9. The zero-order valence-corrected chi connectivity index (χ0v) is 13.3. The molecule has 4 N–H and O–H groups in total. The number of hydrogen-bond donors (Lipinski definition) is 4. The Labute approximate surface area is 136 Å². The van der Waals surface area contributed by atoms with Gasteiger partial charge in [0.1, 0.15) is 0 Å². The van der Waals surface area contributed by atoms with Crippen LogP contribution < -0.4 is 0 Å². The van der Waals surface area contributed by atoms with E-state index in [0.717, 1.165) is 6.26 Å². The van der Waals surface area contributed by atoms with Crippen molar-refractivity contribution in [1.82, 2.24) is 4.31 Å². The number of carboxylic acids is 4. The molecule has 0 aromatic rings. The highest BCUT2D eigenvalue weighted by Crippen LogP contribution is 2.33. The normalized spacial score (nSPS) is 22.5. The Morgan fingerprint density at radius 1 is 0.875 bits per heavy atom. The molecular weight excluding hydrogens is 350 g/mol. The molecule has 0 amide bonds. The van der Waals surface area contributed by atoms with Gasteiger partial charge in [0.25, 0.3) is 0 Å². The second-order valence-corrected chi connectivity index (χ2v) is 7.48. The number of carboxylic acid groups (broad SMARTS) is 4. The summed E-state index contributed by atoms with van der Waals surface area (Å²) < 4.78 is 24.4. The molecule has 0 spiro atoms. The van der Waals surface area contributed by atoms with E-state index >= 15 is 0 Å². The van der Waals surface area contributed by atoms with E-state index < -0.39 is 64.2 Å². The molecule has 0 saturated carbocycles. The average Bonchev–Trinajstić information content (AvgIpc) is 2.37. The van der Waals surface area contributed by atoms with Crippen molar-refractivity contribution in [3.8, 4) is 0 Å². The van der Waals surface area contributed by atoms with Gasteiger partial charge in [-0.3, -0.25) is 19.2 Å². The number of hydrogen-bond acceptors (Lipinski definition) is 6. The lowest BCUT2D eigenvalue weighted by Gasteiger charge is -2.40. The number of carbonyl (C=O) groups is 4. The van der Waals surface area contributed by atoms with Gasteiger partial charge < -0.3 is 20.4 Å². The molecule has 136 valence electrons. The molecule has 12 heteroatoms. The molecule has 1 saturated heterocycles. The van der Waals surface area contributed by atoms with Crippen molar-refractivity contribution in [2.24, 2.45) is 17.8 Å². The Kier molecular flexibility index (Phi) is 5.89. The van der Waals surface area contributed by atoms with Crippen LogP contribution in [0.5, 0.6) is 0 Å². The van der Waals surface area contributed by atoms with Gasteiger partial charge >= 0.3 is 23.9 Å². The molecule has 0 radical (unpaired) electrons. The van der Waals surface area contributed by atoms with Crippen LogP contribution in [0.4, 0.5) is 0 Å². The average molecular weight is 367 g/mol. The third-order valence-corrected chi connectivity index (χ3v) is 5.24. The quantitative estimate of drug-likeness (QED) is 0.390. The van der Waals surface area contributed by atoms with Crippen molar-refractivity contribution in [1.29, 1.82) is 0 Å². The Bertz CT molecular complexity index is 629. The molecule has 1 aliphatic rings. The van der Waals surface area contributed by atoms with Crippen molar-refractivity contribution in [2.45, 2.75) is 18.9 Å². The third kappa shape index (κ3) is 4.20.